The Morgan fingerprint density at radius 2 is 1.81 bits per heavy atom. The van der Waals surface area contributed by atoms with Crippen molar-refractivity contribution in [3.05, 3.63) is 24.3 Å². The van der Waals surface area contributed by atoms with Crippen molar-refractivity contribution in [2.45, 2.75) is 37.5 Å². The minimum Gasteiger partial charge on any atom is -1.00 e. The van der Waals surface area contributed by atoms with E-state index in [2.05, 4.69) is 6.92 Å². The van der Waals surface area contributed by atoms with Gasteiger partial charge in [0.25, 0.3) is 10.1 Å². The van der Waals surface area contributed by atoms with Crippen LogP contribution in [-0.4, -0.2) is 25.7 Å². The summed E-state index contributed by atoms with van der Waals surface area (Å²) in [7, 11) is -4.24. The first kappa shape index (κ1) is 20.4. The van der Waals surface area contributed by atoms with Crippen molar-refractivity contribution in [3.8, 4) is 5.75 Å². The molecule has 6 nitrogen and oxygen atoms in total. The first-order valence-electron chi connectivity index (χ1n) is 6.35. The van der Waals surface area contributed by atoms with Gasteiger partial charge in [-0.1, -0.05) is 26.2 Å². The van der Waals surface area contributed by atoms with Crippen LogP contribution in [0.2, 0.25) is 0 Å². The van der Waals surface area contributed by atoms with Gasteiger partial charge in [-0.25, -0.2) is 4.79 Å². The Bertz CT molecular complexity index is 532. The summed E-state index contributed by atoms with van der Waals surface area (Å²) >= 11 is 0. The molecule has 0 saturated carbocycles. The summed E-state index contributed by atoms with van der Waals surface area (Å²) in [6, 6.07) is 4.81. The van der Waals surface area contributed by atoms with Gasteiger partial charge in [0, 0.05) is 0 Å². The third-order valence-electron chi connectivity index (χ3n) is 2.54. The van der Waals surface area contributed by atoms with Crippen LogP contribution in [0, 0.1) is 0 Å². The van der Waals surface area contributed by atoms with Crippen molar-refractivity contribution in [1.82, 2.24) is 0 Å². The molecule has 1 aromatic rings. The maximum atomic E-state index is 11.3. The van der Waals surface area contributed by atoms with E-state index in [0.717, 1.165) is 37.8 Å². The first-order valence-corrected chi connectivity index (χ1v) is 7.79. The molecule has 1 aromatic carbocycles. The average molecular weight is 326 g/mol. The number of carbonyl (C=O) groups excluding carboxylic acids is 1. The molecule has 0 atom stereocenters. The molecule has 0 aliphatic carbocycles. The molecule has 8 heteroatoms. The number of carbonyl (C=O) groups is 1. The Labute approximate surface area is 148 Å². The summed E-state index contributed by atoms with van der Waals surface area (Å²) in [6.45, 7) is 2.38. The third kappa shape index (κ3) is 8.43. The largest absolute Gasteiger partial charge is 1.00 e. The van der Waals surface area contributed by atoms with Crippen molar-refractivity contribution >= 4 is 16.3 Å². The van der Waals surface area contributed by atoms with Gasteiger partial charge in [0.1, 0.15) is 5.75 Å². The predicted molar refractivity (Wildman–Crippen MR) is 73.5 cm³/mol. The molecule has 114 valence electrons. The van der Waals surface area contributed by atoms with E-state index >= 15 is 0 Å². The first-order chi connectivity index (χ1) is 9.43. The van der Waals surface area contributed by atoms with E-state index in [0.29, 0.717) is 6.61 Å². The molecule has 1 N–H and O–H groups in total. The molecule has 0 spiro atoms. The third-order valence-corrected chi connectivity index (χ3v) is 3.41. The maximum absolute atomic E-state index is 11.3. The van der Waals surface area contributed by atoms with Crippen LogP contribution in [0.4, 0.5) is 4.79 Å². The minimum absolute atomic E-state index is 0. The van der Waals surface area contributed by atoms with Crippen LogP contribution < -0.4 is 34.3 Å². The van der Waals surface area contributed by atoms with E-state index in [1.165, 1.54) is 12.1 Å². The Morgan fingerprint density at radius 3 is 2.33 bits per heavy atom. The van der Waals surface area contributed by atoms with Crippen molar-refractivity contribution in [1.29, 1.82) is 0 Å². The van der Waals surface area contributed by atoms with Crippen LogP contribution >= 0.6 is 0 Å². The van der Waals surface area contributed by atoms with Gasteiger partial charge in [0.2, 0.25) is 0 Å². The second kappa shape index (κ2) is 10.2. The van der Waals surface area contributed by atoms with Gasteiger partial charge in [0.15, 0.2) is 0 Å². The molecule has 0 unspecified atom stereocenters. The van der Waals surface area contributed by atoms with E-state index in [1.54, 1.807) is 0 Å². The molecular weight excluding hydrogens is 307 g/mol. The van der Waals surface area contributed by atoms with Gasteiger partial charge in [0.05, 0.1) is 11.5 Å². The number of benzene rings is 1. The fourth-order valence-corrected chi connectivity index (χ4v) is 1.97. The van der Waals surface area contributed by atoms with Crippen molar-refractivity contribution in [2.24, 2.45) is 0 Å². The molecule has 0 aliphatic heterocycles. The fraction of sp³-hybridized carbons (Fsp3) is 0.462. The fourth-order valence-electron chi connectivity index (χ4n) is 1.49. The van der Waals surface area contributed by atoms with Crippen LogP contribution in [-0.2, 0) is 14.9 Å². The van der Waals surface area contributed by atoms with Gasteiger partial charge >= 0.3 is 35.7 Å². The monoisotopic (exact) mass is 326 g/mol. The standard InChI is InChI=1S/C13H18O6S.Na.H/c1-2-3-4-5-10-18-13(14)19-11-6-8-12(9-7-11)20(15,16)17;;/h6-9H,2-5,10H2,1H3,(H,15,16,17);;/q;+1;-1. The van der Waals surface area contributed by atoms with Gasteiger partial charge in [-0.3, -0.25) is 4.55 Å². The second-order valence-corrected chi connectivity index (χ2v) is 5.63. The molecule has 0 aliphatic rings. The summed E-state index contributed by atoms with van der Waals surface area (Å²) in [5.41, 5.74) is 0. The molecule has 0 fully saturated rings. The van der Waals surface area contributed by atoms with Crippen molar-refractivity contribution < 1.29 is 58.2 Å². The Hall–Kier alpha value is -0.600. The van der Waals surface area contributed by atoms with Crippen molar-refractivity contribution in [2.75, 3.05) is 6.61 Å². The summed E-state index contributed by atoms with van der Waals surface area (Å²) in [5, 5.41) is 0. The Morgan fingerprint density at radius 1 is 1.19 bits per heavy atom. The van der Waals surface area contributed by atoms with Crippen LogP contribution in [0.3, 0.4) is 0 Å². The SMILES string of the molecule is CCCCCCOC(=O)Oc1ccc(S(=O)(=O)O)cc1.[H-].[Na+]. The molecule has 21 heavy (non-hydrogen) atoms. The van der Waals surface area contributed by atoms with Crippen LogP contribution in [0.25, 0.3) is 0 Å². The topological polar surface area (TPSA) is 89.9 Å². The normalized spacial score (nSPS) is 10.6. The summed E-state index contributed by atoms with van der Waals surface area (Å²) < 4.78 is 40.1. The van der Waals surface area contributed by atoms with Crippen LogP contribution in [0.5, 0.6) is 5.75 Å². The van der Waals surface area contributed by atoms with E-state index in [1.807, 2.05) is 0 Å². The number of unbranched alkanes of at least 4 members (excludes halogenated alkanes) is 3. The zero-order chi connectivity index (χ0) is 15.0. The van der Waals surface area contributed by atoms with Gasteiger partial charge in [-0.2, -0.15) is 8.42 Å². The maximum Gasteiger partial charge on any atom is 1.00 e. The summed E-state index contributed by atoms with van der Waals surface area (Å²) in [4.78, 5) is 11.0. The van der Waals surface area contributed by atoms with E-state index < -0.39 is 16.3 Å². The van der Waals surface area contributed by atoms with Gasteiger partial charge in [-0.05, 0) is 30.7 Å². The molecule has 0 radical (unpaired) electrons. The average Bonchev–Trinajstić information content (AvgIpc) is 2.38. The molecular formula is C13H19NaO6S. The number of hydrogen-bond donors (Lipinski definition) is 1. The van der Waals surface area contributed by atoms with Crippen LogP contribution in [0.15, 0.2) is 29.2 Å². The molecule has 0 amide bonds. The molecule has 0 aromatic heterocycles. The van der Waals surface area contributed by atoms with E-state index in [9.17, 15) is 13.2 Å². The predicted octanol–water partition coefficient (Wildman–Crippen LogP) is 0.146. The van der Waals surface area contributed by atoms with Gasteiger partial charge < -0.3 is 10.9 Å². The molecule has 1 rings (SSSR count). The Kier molecular flexibility index (Phi) is 9.89. The van der Waals surface area contributed by atoms with E-state index in [-0.39, 0.29) is 41.6 Å². The van der Waals surface area contributed by atoms with E-state index in [4.69, 9.17) is 14.0 Å². The van der Waals surface area contributed by atoms with Crippen LogP contribution in [0.1, 0.15) is 34.0 Å². The van der Waals surface area contributed by atoms with Crippen molar-refractivity contribution in [3.63, 3.8) is 0 Å². The van der Waals surface area contributed by atoms with Gasteiger partial charge in [-0.15, -0.1) is 0 Å². The number of ether oxygens (including phenoxy) is 2. The summed E-state index contributed by atoms with van der Waals surface area (Å²) in [6.07, 6.45) is 3.14. The Balaban J connectivity index is 0. The smallest absolute Gasteiger partial charge is 1.00 e. The number of hydrogen-bond acceptors (Lipinski definition) is 5. The molecule has 0 heterocycles. The zero-order valence-corrected chi connectivity index (χ0v) is 15.1. The second-order valence-electron chi connectivity index (χ2n) is 4.21. The zero-order valence-electron chi connectivity index (χ0n) is 13.2. The molecule has 0 bridgehead atoms. The minimum atomic E-state index is -4.24. The number of rotatable bonds is 7. The molecule has 0 saturated heterocycles. The summed E-state index contributed by atoms with van der Waals surface area (Å²) in [5.74, 6) is 0.149. The quantitative estimate of drug-likeness (QED) is 0.252.